The molecule has 1 aromatic rings. The molecule has 0 aliphatic carbocycles. The van der Waals surface area contributed by atoms with Gasteiger partial charge in [-0.25, -0.2) is 0 Å². The second-order valence-electron chi connectivity index (χ2n) is 3.22. The van der Waals surface area contributed by atoms with Gasteiger partial charge in [-0.1, -0.05) is 12.1 Å². The van der Waals surface area contributed by atoms with E-state index in [1.54, 1.807) is 7.11 Å². The van der Waals surface area contributed by atoms with Crippen molar-refractivity contribution in [2.75, 3.05) is 19.0 Å². The van der Waals surface area contributed by atoms with Crippen LogP contribution >= 0.6 is 15.9 Å². The zero-order valence-electron chi connectivity index (χ0n) is 7.51. The second kappa shape index (κ2) is 3.68. The van der Waals surface area contributed by atoms with Crippen LogP contribution in [-0.2, 0) is 11.2 Å². The van der Waals surface area contributed by atoms with Crippen LogP contribution in [0.1, 0.15) is 5.56 Å². The molecule has 2 nitrogen and oxygen atoms in total. The number of para-hydroxylation sites is 1. The first-order valence-electron chi connectivity index (χ1n) is 4.35. The number of hydrogen-bond acceptors (Lipinski definition) is 2. The predicted molar refractivity (Wildman–Crippen MR) is 57.1 cm³/mol. The quantitative estimate of drug-likeness (QED) is 0.816. The number of anilines is 1. The van der Waals surface area contributed by atoms with Crippen LogP contribution in [0.3, 0.4) is 0 Å². The molecule has 2 rings (SSSR count). The Hall–Kier alpha value is -0.540. The summed E-state index contributed by atoms with van der Waals surface area (Å²) in [4.78, 5) is 0. The summed E-state index contributed by atoms with van der Waals surface area (Å²) in [5.41, 5.74) is 2.54. The van der Waals surface area contributed by atoms with Crippen LogP contribution in [-0.4, -0.2) is 19.8 Å². The molecule has 0 bridgehead atoms. The molecule has 1 unspecified atom stereocenters. The summed E-state index contributed by atoms with van der Waals surface area (Å²) in [5, 5.41) is 3.36. The third kappa shape index (κ3) is 1.71. The van der Waals surface area contributed by atoms with Crippen molar-refractivity contribution < 1.29 is 4.74 Å². The Morgan fingerprint density at radius 1 is 1.54 bits per heavy atom. The van der Waals surface area contributed by atoms with E-state index in [4.69, 9.17) is 4.74 Å². The van der Waals surface area contributed by atoms with Gasteiger partial charge in [0, 0.05) is 24.5 Å². The molecule has 13 heavy (non-hydrogen) atoms. The van der Waals surface area contributed by atoms with Gasteiger partial charge in [0.25, 0.3) is 0 Å². The van der Waals surface area contributed by atoms with Crippen LogP contribution in [0.5, 0.6) is 0 Å². The van der Waals surface area contributed by atoms with Gasteiger partial charge in [0.15, 0.2) is 0 Å². The number of halogens is 1. The van der Waals surface area contributed by atoms with E-state index >= 15 is 0 Å². The predicted octanol–water partition coefficient (Wildman–Crippen LogP) is 2.43. The van der Waals surface area contributed by atoms with Gasteiger partial charge in [0.1, 0.15) is 0 Å². The fourth-order valence-electron chi connectivity index (χ4n) is 1.64. The summed E-state index contributed by atoms with van der Waals surface area (Å²) in [5.74, 6) is 0. The molecule has 0 amide bonds. The maximum absolute atomic E-state index is 5.31. The van der Waals surface area contributed by atoms with E-state index in [1.807, 2.05) is 0 Å². The number of methoxy groups -OCH3 is 1. The van der Waals surface area contributed by atoms with Gasteiger partial charge < -0.3 is 10.1 Å². The van der Waals surface area contributed by atoms with Gasteiger partial charge in [0.05, 0.1) is 11.8 Å². The lowest BCUT2D eigenvalue weighted by Crippen LogP contribution is -2.29. The van der Waals surface area contributed by atoms with Crippen molar-refractivity contribution in [2.24, 2.45) is 0 Å². The van der Waals surface area contributed by atoms with Crippen molar-refractivity contribution in [3.63, 3.8) is 0 Å². The second-order valence-corrected chi connectivity index (χ2v) is 4.07. The Labute approximate surface area is 86.4 Å². The van der Waals surface area contributed by atoms with Crippen molar-refractivity contribution >= 4 is 21.6 Å². The van der Waals surface area contributed by atoms with Gasteiger partial charge >= 0.3 is 0 Å². The molecule has 1 aromatic carbocycles. The number of ether oxygens (including phenoxy) is 1. The Bertz CT molecular complexity index is 314. The van der Waals surface area contributed by atoms with E-state index in [1.165, 1.54) is 11.3 Å². The van der Waals surface area contributed by atoms with E-state index in [9.17, 15) is 0 Å². The number of benzene rings is 1. The zero-order chi connectivity index (χ0) is 9.26. The van der Waals surface area contributed by atoms with Gasteiger partial charge in [-0.3, -0.25) is 0 Å². The normalized spacial score (nSPS) is 20.6. The number of rotatable bonds is 1. The summed E-state index contributed by atoms with van der Waals surface area (Å²) in [7, 11) is 1.76. The van der Waals surface area contributed by atoms with Crippen LogP contribution < -0.4 is 5.32 Å². The summed E-state index contributed by atoms with van der Waals surface area (Å²) >= 11 is 3.52. The fraction of sp³-hybridized carbons (Fsp3) is 0.400. The zero-order valence-corrected chi connectivity index (χ0v) is 9.10. The van der Waals surface area contributed by atoms with E-state index in [0.29, 0.717) is 6.10 Å². The highest BCUT2D eigenvalue weighted by atomic mass is 79.9. The lowest BCUT2D eigenvalue weighted by atomic mass is 10.0. The molecular formula is C10H12BrNO. The van der Waals surface area contributed by atoms with Crippen LogP contribution in [0.25, 0.3) is 0 Å². The first-order chi connectivity index (χ1) is 6.31. The first kappa shape index (κ1) is 9.03. The van der Waals surface area contributed by atoms with Crippen LogP contribution in [0.15, 0.2) is 22.7 Å². The Balaban J connectivity index is 2.31. The van der Waals surface area contributed by atoms with E-state index in [2.05, 4.69) is 39.4 Å². The summed E-state index contributed by atoms with van der Waals surface area (Å²) in [6, 6.07) is 6.25. The fourth-order valence-corrected chi connectivity index (χ4v) is 2.18. The number of fused-ring (bicyclic) bond motifs is 1. The van der Waals surface area contributed by atoms with E-state index < -0.39 is 0 Å². The molecule has 1 atom stereocenters. The molecule has 1 aliphatic rings. The maximum Gasteiger partial charge on any atom is 0.0784 e. The lowest BCUT2D eigenvalue weighted by molar-refractivity contribution is 0.111. The van der Waals surface area contributed by atoms with Gasteiger partial charge in [-0.2, -0.15) is 0 Å². The molecule has 70 valence electrons. The van der Waals surface area contributed by atoms with E-state index in [-0.39, 0.29) is 0 Å². The van der Waals surface area contributed by atoms with Crippen LogP contribution in [0.4, 0.5) is 5.69 Å². The average molecular weight is 242 g/mol. The maximum atomic E-state index is 5.31. The molecule has 1 heterocycles. The third-order valence-electron chi connectivity index (χ3n) is 2.39. The minimum atomic E-state index is 0.307. The van der Waals surface area contributed by atoms with Crippen molar-refractivity contribution in [3.8, 4) is 0 Å². The number of hydrogen-bond donors (Lipinski definition) is 1. The average Bonchev–Trinajstić information content (AvgIpc) is 2.18. The standard InChI is InChI=1S/C10H12BrNO/c1-13-8-5-7-3-2-4-9(11)10(7)12-6-8/h2-4,8,12H,5-6H2,1H3. The van der Waals surface area contributed by atoms with Crippen molar-refractivity contribution in [1.29, 1.82) is 0 Å². The highest BCUT2D eigenvalue weighted by Gasteiger charge is 2.18. The van der Waals surface area contributed by atoms with Crippen molar-refractivity contribution in [2.45, 2.75) is 12.5 Å². The van der Waals surface area contributed by atoms with Crippen LogP contribution in [0.2, 0.25) is 0 Å². The monoisotopic (exact) mass is 241 g/mol. The molecule has 1 N–H and O–H groups in total. The minimum Gasteiger partial charge on any atom is -0.381 e. The SMILES string of the molecule is COC1CNc2c(Br)cccc2C1. The highest BCUT2D eigenvalue weighted by molar-refractivity contribution is 9.10. The van der Waals surface area contributed by atoms with Crippen LogP contribution in [0, 0.1) is 0 Å². The third-order valence-corrected chi connectivity index (χ3v) is 3.05. The number of nitrogens with one attached hydrogen (secondary N) is 1. The van der Waals surface area contributed by atoms with Gasteiger partial charge in [-0.05, 0) is 27.6 Å². The van der Waals surface area contributed by atoms with Crippen molar-refractivity contribution in [1.82, 2.24) is 0 Å². The van der Waals surface area contributed by atoms with Gasteiger partial charge in [0.2, 0.25) is 0 Å². The molecule has 1 aliphatic heterocycles. The highest BCUT2D eigenvalue weighted by Crippen LogP contribution is 2.30. The Kier molecular flexibility index (Phi) is 2.56. The molecule has 0 saturated heterocycles. The van der Waals surface area contributed by atoms with E-state index in [0.717, 1.165) is 17.4 Å². The molecule has 0 aromatic heterocycles. The van der Waals surface area contributed by atoms with Gasteiger partial charge in [-0.15, -0.1) is 0 Å². The Morgan fingerprint density at radius 2 is 2.38 bits per heavy atom. The summed E-state index contributed by atoms with van der Waals surface area (Å²) in [6.07, 6.45) is 1.31. The summed E-state index contributed by atoms with van der Waals surface area (Å²) in [6.45, 7) is 0.895. The Morgan fingerprint density at radius 3 is 3.15 bits per heavy atom. The topological polar surface area (TPSA) is 21.3 Å². The molecule has 0 spiro atoms. The molecule has 0 saturated carbocycles. The largest absolute Gasteiger partial charge is 0.381 e. The summed E-state index contributed by atoms with van der Waals surface area (Å²) < 4.78 is 6.45. The molecule has 0 fully saturated rings. The molecule has 0 radical (unpaired) electrons. The lowest BCUT2D eigenvalue weighted by Gasteiger charge is -2.25. The van der Waals surface area contributed by atoms with Crippen molar-refractivity contribution in [3.05, 3.63) is 28.2 Å². The minimum absolute atomic E-state index is 0.307. The first-order valence-corrected chi connectivity index (χ1v) is 5.14. The smallest absolute Gasteiger partial charge is 0.0784 e. The molecular weight excluding hydrogens is 230 g/mol. The molecule has 3 heteroatoms.